The van der Waals surface area contributed by atoms with E-state index in [1.807, 2.05) is 0 Å². The largest absolute Gasteiger partial charge is 0.462 e. The molecule has 6 nitrogen and oxygen atoms in total. The molecule has 0 saturated carbocycles. The molecular formula is C54H96O6. The second kappa shape index (κ2) is 49.0. The van der Waals surface area contributed by atoms with Crippen LogP contribution in [0, 0.1) is 0 Å². The molecule has 6 heteroatoms. The van der Waals surface area contributed by atoms with E-state index in [0.717, 1.165) is 77.0 Å². The van der Waals surface area contributed by atoms with Gasteiger partial charge in [0.15, 0.2) is 6.10 Å². The van der Waals surface area contributed by atoms with Crippen molar-refractivity contribution in [1.82, 2.24) is 0 Å². The fourth-order valence-corrected chi connectivity index (χ4v) is 7.22. The van der Waals surface area contributed by atoms with E-state index in [1.165, 1.54) is 141 Å². The van der Waals surface area contributed by atoms with Crippen molar-refractivity contribution in [2.45, 2.75) is 264 Å². The van der Waals surface area contributed by atoms with Crippen LogP contribution < -0.4 is 0 Å². The number of allylic oxidation sites excluding steroid dienone is 8. The Morgan fingerprint density at radius 1 is 0.350 bits per heavy atom. The monoisotopic (exact) mass is 841 g/mol. The lowest BCUT2D eigenvalue weighted by Crippen LogP contribution is -2.30. The van der Waals surface area contributed by atoms with E-state index in [9.17, 15) is 14.4 Å². The van der Waals surface area contributed by atoms with E-state index in [2.05, 4.69) is 69.4 Å². The smallest absolute Gasteiger partial charge is 0.306 e. The van der Waals surface area contributed by atoms with Crippen molar-refractivity contribution in [2.24, 2.45) is 0 Å². The zero-order chi connectivity index (χ0) is 43.7. The fourth-order valence-electron chi connectivity index (χ4n) is 7.22. The van der Waals surface area contributed by atoms with Gasteiger partial charge in [-0.2, -0.15) is 0 Å². The number of rotatable bonds is 46. The molecule has 1 unspecified atom stereocenters. The molecule has 0 aromatic heterocycles. The Bertz CT molecular complexity index is 1060. The molecule has 0 saturated heterocycles. The molecule has 0 heterocycles. The van der Waals surface area contributed by atoms with E-state index in [1.54, 1.807) is 0 Å². The van der Waals surface area contributed by atoms with E-state index in [4.69, 9.17) is 14.2 Å². The van der Waals surface area contributed by atoms with Gasteiger partial charge in [-0.15, -0.1) is 0 Å². The predicted molar refractivity (Wildman–Crippen MR) is 256 cm³/mol. The summed E-state index contributed by atoms with van der Waals surface area (Å²) in [4.78, 5) is 37.9. The maximum Gasteiger partial charge on any atom is 0.306 e. The lowest BCUT2D eigenvalue weighted by molar-refractivity contribution is -0.167. The van der Waals surface area contributed by atoms with Crippen molar-refractivity contribution in [3.63, 3.8) is 0 Å². The first-order valence-corrected chi connectivity index (χ1v) is 25.6. The quantitative estimate of drug-likeness (QED) is 0.0263. The van der Waals surface area contributed by atoms with Gasteiger partial charge in [0.25, 0.3) is 0 Å². The van der Waals surface area contributed by atoms with Gasteiger partial charge >= 0.3 is 17.9 Å². The normalized spacial score (nSPS) is 12.4. The Morgan fingerprint density at radius 3 is 1.07 bits per heavy atom. The average molecular weight is 841 g/mol. The molecule has 0 aromatic carbocycles. The summed E-state index contributed by atoms with van der Waals surface area (Å²) in [6.07, 6.45) is 58.1. The molecule has 0 fully saturated rings. The first kappa shape index (κ1) is 57.4. The van der Waals surface area contributed by atoms with E-state index < -0.39 is 6.10 Å². The van der Waals surface area contributed by atoms with Crippen molar-refractivity contribution in [2.75, 3.05) is 13.2 Å². The van der Waals surface area contributed by atoms with E-state index in [0.29, 0.717) is 19.3 Å². The molecule has 0 aromatic rings. The Hall–Kier alpha value is -2.63. The highest BCUT2D eigenvalue weighted by Crippen LogP contribution is 2.15. The minimum Gasteiger partial charge on any atom is -0.462 e. The number of carbonyl (C=O) groups is 3. The maximum absolute atomic E-state index is 12.8. The summed E-state index contributed by atoms with van der Waals surface area (Å²) < 4.78 is 16.7. The first-order chi connectivity index (χ1) is 29.5. The molecule has 0 radical (unpaired) electrons. The van der Waals surface area contributed by atoms with Crippen LogP contribution in [0.5, 0.6) is 0 Å². The Balaban J connectivity index is 4.38. The minimum atomic E-state index is -0.786. The molecule has 0 aliphatic rings. The molecule has 0 rings (SSSR count). The number of esters is 3. The number of hydrogen-bond donors (Lipinski definition) is 0. The van der Waals surface area contributed by atoms with Crippen molar-refractivity contribution in [3.8, 4) is 0 Å². The summed E-state index contributed by atoms with van der Waals surface area (Å²) in [5.41, 5.74) is 0. The SMILES string of the molecule is CC/C=C\C/C=C\C/C=C\CCCCC(=O)OCC(COC(=O)CCCCCCCCC/C=C\CCCCCCCC)OC(=O)CCCCCCCCCCCCCCC. The third-order valence-corrected chi connectivity index (χ3v) is 11.1. The Morgan fingerprint density at radius 2 is 0.650 bits per heavy atom. The van der Waals surface area contributed by atoms with Crippen molar-refractivity contribution in [1.29, 1.82) is 0 Å². The van der Waals surface area contributed by atoms with E-state index in [-0.39, 0.29) is 31.1 Å². The van der Waals surface area contributed by atoms with Gasteiger partial charge in [0.05, 0.1) is 0 Å². The third-order valence-electron chi connectivity index (χ3n) is 11.1. The van der Waals surface area contributed by atoms with Crippen LogP contribution >= 0.6 is 0 Å². The average Bonchev–Trinajstić information content (AvgIpc) is 3.24. The van der Waals surface area contributed by atoms with Gasteiger partial charge in [0, 0.05) is 19.3 Å². The van der Waals surface area contributed by atoms with Gasteiger partial charge in [-0.1, -0.05) is 211 Å². The number of unbranched alkanes of at least 4 members (excludes halogenated alkanes) is 27. The zero-order valence-electron chi connectivity index (χ0n) is 39.7. The Labute approximate surface area is 371 Å². The number of hydrogen-bond acceptors (Lipinski definition) is 6. The highest BCUT2D eigenvalue weighted by atomic mass is 16.6. The first-order valence-electron chi connectivity index (χ1n) is 25.6. The molecule has 0 N–H and O–H groups in total. The van der Waals surface area contributed by atoms with E-state index >= 15 is 0 Å². The lowest BCUT2D eigenvalue weighted by atomic mass is 10.0. The fraction of sp³-hybridized carbons (Fsp3) is 0.796. The van der Waals surface area contributed by atoms with Crippen LogP contribution in [0.25, 0.3) is 0 Å². The number of carbonyl (C=O) groups excluding carboxylic acids is 3. The molecule has 1 atom stereocenters. The van der Waals surface area contributed by atoms with Gasteiger partial charge in [0.1, 0.15) is 13.2 Å². The summed E-state index contributed by atoms with van der Waals surface area (Å²) >= 11 is 0. The van der Waals surface area contributed by atoms with Crippen LogP contribution in [0.1, 0.15) is 258 Å². The van der Waals surface area contributed by atoms with Gasteiger partial charge in [-0.3, -0.25) is 14.4 Å². The Kier molecular flexibility index (Phi) is 46.9. The van der Waals surface area contributed by atoms with Gasteiger partial charge in [0.2, 0.25) is 0 Å². The second-order valence-corrected chi connectivity index (χ2v) is 17.1. The van der Waals surface area contributed by atoms with Crippen LogP contribution in [-0.2, 0) is 28.6 Å². The van der Waals surface area contributed by atoms with Crippen LogP contribution in [0.2, 0.25) is 0 Å². The van der Waals surface area contributed by atoms with Gasteiger partial charge < -0.3 is 14.2 Å². The second-order valence-electron chi connectivity index (χ2n) is 17.1. The summed E-state index contributed by atoms with van der Waals surface area (Å²) in [5, 5.41) is 0. The topological polar surface area (TPSA) is 78.9 Å². The standard InChI is InChI=1S/C54H96O6/c1-4-7-10-13-16-19-22-25-26-27-28-30-32-35-38-41-44-47-53(56)59-50-51(49-58-52(55)46-43-40-37-34-31-24-21-18-15-12-9-6-3)60-54(57)48-45-42-39-36-33-29-23-20-17-14-11-8-5-2/h9,12,18,21,25-26,31,34,51H,4-8,10-11,13-17,19-20,22-24,27-30,32-33,35-50H2,1-3H3/b12-9-,21-18-,26-25-,34-31-. The zero-order valence-corrected chi connectivity index (χ0v) is 39.7. The van der Waals surface area contributed by atoms with Crippen molar-refractivity contribution >= 4 is 17.9 Å². The van der Waals surface area contributed by atoms with Gasteiger partial charge in [-0.25, -0.2) is 0 Å². The lowest BCUT2D eigenvalue weighted by Gasteiger charge is -2.18. The third kappa shape index (κ3) is 46.4. The maximum atomic E-state index is 12.8. The molecule has 60 heavy (non-hydrogen) atoms. The summed E-state index contributed by atoms with van der Waals surface area (Å²) in [6, 6.07) is 0. The van der Waals surface area contributed by atoms with Crippen LogP contribution in [0.3, 0.4) is 0 Å². The molecular weight excluding hydrogens is 745 g/mol. The predicted octanol–water partition coefficient (Wildman–Crippen LogP) is 16.7. The highest BCUT2D eigenvalue weighted by molar-refractivity contribution is 5.71. The molecule has 0 aliphatic heterocycles. The molecule has 0 spiro atoms. The molecule has 0 amide bonds. The molecule has 348 valence electrons. The van der Waals surface area contributed by atoms with Crippen molar-refractivity contribution < 1.29 is 28.6 Å². The van der Waals surface area contributed by atoms with Crippen molar-refractivity contribution in [3.05, 3.63) is 48.6 Å². The number of ether oxygens (including phenoxy) is 3. The van der Waals surface area contributed by atoms with Crippen LogP contribution in [0.15, 0.2) is 48.6 Å². The highest BCUT2D eigenvalue weighted by Gasteiger charge is 2.19. The van der Waals surface area contributed by atoms with Crippen LogP contribution in [-0.4, -0.2) is 37.2 Å². The molecule has 0 bridgehead atoms. The summed E-state index contributed by atoms with van der Waals surface area (Å²) in [7, 11) is 0. The summed E-state index contributed by atoms with van der Waals surface area (Å²) in [5.74, 6) is -0.923. The summed E-state index contributed by atoms with van der Waals surface area (Å²) in [6.45, 7) is 6.49. The minimum absolute atomic E-state index is 0.0853. The molecule has 0 aliphatic carbocycles. The van der Waals surface area contributed by atoms with Gasteiger partial charge in [-0.05, 0) is 77.0 Å². The van der Waals surface area contributed by atoms with Crippen LogP contribution in [0.4, 0.5) is 0 Å².